The molecule has 1 fully saturated rings. The van der Waals surface area contributed by atoms with Gasteiger partial charge in [-0.15, -0.1) is 11.3 Å². The van der Waals surface area contributed by atoms with Crippen molar-refractivity contribution in [2.24, 2.45) is 0 Å². The Morgan fingerprint density at radius 3 is 2.96 bits per heavy atom. The second-order valence-corrected chi connectivity index (χ2v) is 9.20. The van der Waals surface area contributed by atoms with E-state index < -0.39 is 0 Å². The number of hydrogen-bond acceptors (Lipinski definition) is 5. The lowest BCUT2D eigenvalue weighted by atomic mass is 10.1. The maximum atomic E-state index is 12.5. The van der Waals surface area contributed by atoms with Gasteiger partial charge in [0.1, 0.15) is 11.1 Å². The highest BCUT2D eigenvalue weighted by atomic mass is 79.9. The van der Waals surface area contributed by atoms with E-state index in [1.807, 2.05) is 12.1 Å². The van der Waals surface area contributed by atoms with E-state index in [9.17, 15) is 10.1 Å². The molecule has 1 unspecified atom stereocenters. The quantitative estimate of drug-likeness (QED) is 0.724. The maximum Gasteiger partial charge on any atom is 0.226 e. The number of anilines is 1. The molecule has 1 aliphatic carbocycles. The number of carbonyl (C=O) groups is 1. The van der Waals surface area contributed by atoms with Crippen LogP contribution in [0.4, 0.5) is 5.00 Å². The minimum atomic E-state index is -0.0249. The van der Waals surface area contributed by atoms with Crippen molar-refractivity contribution in [1.82, 2.24) is 4.90 Å². The lowest BCUT2D eigenvalue weighted by Crippen LogP contribution is -2.39. The topological polar surface area (TPSA) is 65.4 Å². The van der Waals surface area contributed by atoms with Crippen molar-refractivity contribution in [2.45, 2.75) is 31.8 Å². The van der Waals surface area contributed by atoms with E-state index in [1.165, 1.54) is 4.88 Å². The predicted molar refractivity (Wildman–Crippen MR) is 114 cm³/mol. The summed E-state index contributed by atoms with van der Waals surface area (Å²) in [4.78, 5) is 16.0. The Morgan fingerprint density at radius 2 is 2.18 bits per heavy atom. The van der Waals surface area contributed by atoms with E-state index in [0.29, 0.717) is 25.1 Å². The molecular formula is C21H22BrN3O2S. The average Bonchev–Trinajstić information content (AvgIpc) is 3.28. The lowest BCUT2D eigenvalue weighted by Gasteiger charge is -2.33. The van der Waals surface area contributed by atoms with E-state index in [-0.39, 0.29) is 12.0 Å². The van der Waals surface area contributed by atoms with Crippen molar-refractivity contribution in [1.29, 1.82) is 5.26 Å². The van der Waals surface area contributed by atoms with Gasteiger partial charge in [-0.1, -0.05) is 28.1 Å². The van der Waals surface area contributed by atoms with Crippen molar-refractivity contribution >= 4 is 38.2 Å². The number of amides is 1. The van der Waals surface area contributed by atoms with Gasteiger partial charge in [-0.25, -0.2) is 0 Å². The van der Waals surface area contributed by atoms with Crippen molar-refractivity contribution in [3.05, 3.63) is 50.3 Å². The second kappa shape index (κ2) is 8.75. The summed E-state index contributed by atoms with van der Waals surface area (Å²) in [5.74, 6) is -0.0249. The molecule has 0 bridgehead atoms. The van der Waals surface area contributed by atoms with Gasteiger partial charge >= 0.3 is 0 Å². The molecule has 28 heavy (non-hydrogen) atoms. The minimum absolute atomic E-state index is 0.0249. The number of ether oxygens (including phenoxy) is 1. The molecule has 5 nitrogen and oxygen atoms in total. The van der Waals surface area contributed by atoms with Crippen LogP contribution in [0.15, 0.2) is 28.7 Å². The first-order valence-corrected chi connectivity index (χ1v) is 11.2. The van der Waals surface area contributed by atoms with Gasteiger partial charge in [0, 0.05) is 35.4 Å². The van der Waals surface area contributed by atoms with Gasteiger partial charge in [0.2, 0.25) is 5.91 Å². The van der Waals surface area contributed by atoms with Crippen LogP contribution in [0.25, 0.3) is 0 Å². The molecule has 1 amide bonds. The fourth-order valence-corrected chi connectivity index (χ4v) is 5.36. The highest BCUT2D eigenvalue weighted by Gasteiger charge is 2.24. The van der Waals surface area contributed by atoms with E-state index in [2.05, 4.69) is 44.3 Å². The number of rotatable bonds is 5. The van der Waals surface area contributed by atoms with Crippen LogP contribution < -0.4 is 5.32 Å². The molecule has 2 aromatic rings. The fraction of sp³-hybridized carbons (Fsp3) is 0.429. The first kappa shape index (κ1) is 19.6. The lowest BCUT2D eigenvalue weighted by molar-refractivity contribution is -0.117. The van der Waals surface area contributed by atoms with E-state index >= 15 is 0 Å². The minimum Gasteiger partial charge on any atom is -0.371 e. The summed E-state index contributed by atoms with van der Waals surface area (Å²) < 4.78 is 6.96. The SMILES string of the molecule is N#Cc1c(NC(=O)CCN2CCOC(c3ccc(Br)cc3)C2)sc2c1CCC2. The van der Waals surface area contributed by atoms with Crippen LogP contribution in [0.3, 0.4) is 0 Å². The molecule has 146 valence electrons. The highest BCUT2D eigenvalue weighted by molar-refractivity contribution is 9.10. The fourth-order valence-electron chi connectivity index (χ4n) is 3.84. The molecule has 0 radical (unpaired) electrons. The van der Waals surface area contributed by atoms with Crippen molar-refractivity contribution < 1.29 is 9.53 Å². The van der Waals surface area contributed by atoms with Crippen molar-refractivity contribution in [3.63, 3.8) is 0 Å². The molecular weight excluding hydrogens is 438 g/mol. The van der Waals surface area contributed by atoms with Gasteiger partial charge in [0.15, 0.2) is 0 Å². The Bertz CT molecular complexity index is 904. The molecule has 2 heterocycles. The molecule has 1 atom stereocenters. The molecule has 0 saturated carbocycles. The number of hydrogen-bond donors (Lipinski definition) is 1. The Kier molecular flexibility index (Phi) is 6.12. The summed E-state index contributed by atoms with van der Waals surface area (Å²) in [5, 5.41) is 13.2. The zero-order valence-corrected chi connectivity index (χ0v) is 17.9. The maximum absolute atomic E-state index is 12.5. The first-order chi connectivity index (χ1) is 13.6. The molecule has 4 rings (SSSR count). The smallest absolute Gasteiger partial charge is 0.226 e. The summed E-state index contributed by atoms with van der Waals surface area (Å²) in [6, 6.07) is 10.5. The van der Waals surface area contributed by atoms with Crippen LogP contribution in [-0.4, -0.2) is 37.0 Å². The Morgan fingerprint density at radius 1 is 1.36 bits per heavy atom. The summed E-state index contributed by atoms with van der Waals surface area (Å²) >= 11 is 5.03. The molecule has 1 saturated heterocycles. The van der Waals surface area contributed by atoms with Crippen LogP contribution in [0.5, 0.6) is 0 Å². The van der Waals surface area contributed by atoms with Crippen LogP contribution in [0.2, 0.25) is 0 Å². The van der Waals surface area contributed by atoms with Gasteiger partial charge in [0.25, 0.3) is 0 Å². The van der Waals surface area contributed by atoms with E-state index in [0.717, 1.165) is 53.0 Å². The number of thiophene rings is 1. The van der Waals surface area contributed by atoms with Crippen molar-refractivity contribution in [3.8, 4) is 6.07 Å². The number of aryl methyl sites for hydroxylation is 1. The number of nitrogens with one attached hydrogen (secondary N) is 1. The highest BCUT2D eigenvalue weighted by Crippen LogP contribution is 2.38. The van der Waals surface area contributed by atoms with Gasteiger partial charge in [-0.05, 0) is 42.5 Å². The van der Waals surface area contributed by atoms with Crippen LogP contribution in [-0.2, 0) is 22.4 Å². The first-order valence-electron chi connectivity index (χ1n) is 9.58. The molecule has 1 aromatic heterocycles. The number of nitrogens with zero attached hydrogens (tertiary/aromatic N) is 2. The Balaban J connectivity index is 1.31. The summed E-state index contributed by atoms with van der Waals surface area (Å²) in [6.07, 6.45) is 3.54. The summed E-state index contributed by atoms with van der Waals surface area (Å²) in [6.45, 7) is 2.97. The second-order valence-electron chi connectivity index (χ2n) is 7.18. The van der Waals surface area contributed by atoms with Crippen LogP contribution in [0.1, 0.15) is 40.5 Å². The van der Waals surface area contributed by atoms with Gasteiger partial charge in [-0.3, -0.25) is 9.69 Å². The largest absolute Gasteiger partial charge is 0.371 e. The van der Waals surface area contributed by atoms with Gasteiger partial charge in [0.05, 0.1) is 18.3 Å². The van der Waals surface area contributed by atoms with E-state index in [1.54, 1.807) is 11.3 Å². The summed E-state index contributed by atoms with van der Waals surface area (Å²) in [5.41, 5.74) is 2.98. The third kappa shape index (κ3) is 4.31. The van der Waals surface area contributed by atoms with E-state index in [4.69, 9.17) is 4.74 Å². The average molecular weight is 460 g/mol. The Labute approximate surface area is 177 Å². The van der Waals surface area contributed by atoms with Crippen LogP contribution >= 0.6 is 27.3 Å². The normalized spacial score (nSPS) is 19.2. The summed E-state index contributed by atoms with van der Waals surface area (Å²) in [7, 11) is 0. The monoisotopic (exact) mass is 459 g/mol. The molecule has 0 spiro atoms. The zero-order chi connectivity index (χ0) is 19.5. The molecule has 1 aliphatic heterocycles. The number of morpholine rings is 1. The number of halogens is 1. The number of fused-ring (bicyclic) bond motifs is 1. The van der Waals surface area contributed by atoms with Crippen molar-refractivity contribution in [2.75, 3.05) is 31.6 Å². The third-order valence-corrected chi connectivity index (χ3v) is 7.07. The van der Waals surface area contributed by atoms with Gasteiger partial charge in [-0.2, -0.15) is 5.26 Å². The predicted octanol–water partition coefficient (Wildman–Crippen LogP) is 4.27. The zero-order valence-electron chi connectivity index (χ0n) is 15.5. The van der Waals surface area contributed by atoms with Crippen LogP contribution in [0, 0.1) is 11.3 Å². The molecule has 7 heteroatoms. The molecule has 2 aliphatic rings. The number of nitriles is 1. The molecule has 1 aromatic carbocycles. The van der Waals surface area contributed by atoms with Gasteiger partial charge < -0.3 is 10.1 Å². The molecule has 1 N–H and O–H groups in total. The number of carbonyl (C=O) groups excluding carboxylic acids is 1. The number of benzene rings is 1. The third-order valence-electron chi connectivity index (χ3n) is 5.33. The standard InChI is InChI=1S/C21H22BrN3O2S/c22-15-6-4-14(5-7-15)18-13-25(10-11-27-18)9-8-20(26)24-21-17(12-23)16-2-1-3-19(16)28-21/h4-7,18H,1-3,8-11,13H2,(H,24,26). The Hall–Kier alpha value is -1.72.